The van der Waals surface area contributed by atoms with Crippen LogP contribution in [0.5, 0.6) is 0 Å². The maximum absolute atomic E-state index is 14.6. The van der Waals surface area contributed by atoms with Gasteiger partial charge in [0.15, 0.2) is 25.2 Å². The lowest BCUT2D eigenvalue weighted by atomic mass is 9.38. The Morgan fingerprint density at radius 2 is 0.671 bits per heavy atom. The number of ether oxygens (including phenoxy) is 8. The first kappa shape index (κ1) is 119. The second-order valence-corrected chi connectivity index (χ2v) is 56.0. The Balaban J connectivity index is 0.000000175. The first-order valence-electron chi connectivity index (χ1n) is 56.8. The van der Waals surface area contributed by atoms with Gasteiger partial charge in [-0.25, -0.2) is 0 Å². The number of allylic oxidation sites excluding steroid dienone is 3. The van der Waals surface area contributed by atoms with Crippen molar-refractivity contribution in [2.24, 2.45) is 154 Å². The Hall–Kier alpha value is -2.23. The van der Waals surface area contributed by atoms with Crippen molar-refractivity contribution in [3.05, 3.63) is 34.9 Å². The summed E-state index contributed by atoms with van der Waals surface area (Å²) in [4.78, 5) is 14.6. The van der Waals surface area contributed by atoms with Crippen molar-refractivity contribution < 1.29 is 145 Å². The third-order valence-corrected chi connectivity index (χ3v) is 46.6. The predicted octanol–water partition coefficient (Wildman–Crippen LogP) is 11.7. The molecule has 0 radical (unpaired) electrons. The van der Waals surface area contributed by atoms with Crippen LogP contribution >= 0.6 is 0 Å². The SMILES string of the molecule is C[C@H](CC[C@@H](C)C(C)(C)O)C1CC[C@@]2(C)C3CC=C4C(CC[C@H](OC5O[C@H](CO)[C@@H](O)[C@H](O)[C@H]5O)C4(C)C)[C@]3(C)C(=O)C[C@]12C.C[C@H]1[C@H](O)[C@@H](O)[C@H](O[C@H](CC[C@@H](C)C2CC[C@@]3(C)C4CC=C5C(CC[C@H](O)C5(C)C)[C@]4(C)[C@H](O)C[C@]23C)C(C)(C)O)O[C@@H]1CO.C[C@H]1[C@H](O)[C@@H](O)[C@H](O[C@H](CC[C@@H](C)C2CC[C@@]3(C)C4CC=C5C(CC[C@H](OC6O[C@H](CO)[C@@H](O)[C@H](O)[C@H]6O)C5(C)C)[C@]4(C)[C@H](O)C[C@]23C)C(C)(C)O)O[C@@H]1CO. The van der Waals surface area contributed by atoms with E-state index in [-0.39, 0.29) is 122 Å². The molecule has 12 aliphatic carbocycles. The first-order chi connectivity index (χ1) is 67.5. The summed E-state index contributed by atoms with van der Waals surface area (Å²) < 4.78 is 48.4. The Morgan fingerprint density at radius 3 is 1.04 bits per heavy atom. The zero-order valence-corrected chi connectivity index (χ0v) is 93.7. The molecule has 0 spiro atoms. The summed E-state index contributed by atoms with van der Waals surface area (Å²) >= 11 is 0. The Bertz CT molecular complexity index is 4510. The van der Waals surface area contributed by atoms with E-state index in [4.69, 9.17) is 37.9 Å². The molecule has 0 bridgehead atoms. The maximum atomic E-state index is 14.6. The van der Waals surface area contributed by atoms with Crippen LogP contribution in [0.4, 0.5) is 0 Å². The van der Waals surface area contributed by atoms with Crippen molar-refractivity contribution in [1.82, 2.24) is 0 Å². The summed E-state index contributed by atoms with van der Waals surface area (Å²) in [6.45, 7) is 55.8. The van der Waals surface area contributed by atoms with Gasteiger partial charge in [-0.15, -0.1) is 0 Å². The number of carbonyl (C=O) groups is 1. The second-order valence-electron chi connectivity index (χ2n) is 56.0. The lowest BCUT2D eigenvalue weighted by Crippen LogP contribution is -2.65. The van der Waals surface area contributed by atoms with Crippen LogP contribution in [0.2, 0.25) is 0 Å². The molecule has 0 aromatic carbocycles. The van der Waals surface area contributed by atoms with Gasteiger partial charge in [-0.2, -0.15) is 0 Å². The van der Waals surface area contributed by atoms with Gasteiger partial charge >= 0.3 is 0 Å². The standard InChI is InChI=1S/C43H74O13.C37H64O8.C37H62O8/c1-21(10-14-31(40(5,6)52)56-37-35(50)32(47)22(2)26(19-44)53-37)23-16-17-41(7)28-13-11-24-25(43(28,9)29(46)18-42(23,41)8)12-15-30(39(24,3)4)55-38-36(51)34(49)33(48)27(20-45)54-38;1-20(10-15-29(34(5,6)43)45-32-31(42)30(41)21(2)25(19-38)44-32)22-16-17-35(7)26-13-11-23-24(12-14-27(39)33(23,3)4)37(26,9)28(40)18-36(22,35)8;1-20(10-11-21(2)34(5,6)43)22-16-17-35(7)26-14-12-23-24(37(26,9)27(39)18-36(22,35)8)13-15-28(33(23,3)4)45-32-31(42)30(41)29(40)25(19-38)44-32/h11,21-23,25-38,44-52H,10,12-20H2,1-9H3;11,20-22,24-32,38-43H,10,12-19H2,1-9H3;12,20-22,24-26,28-32,38,40-43H,10-11,13-19H2,1-9H3/t21-,22-,23?,25?,26-,27-,28?,29-,30+,31-,32+,33-,34+,35-,36-,37+,38?,41+,42-,43+;20-,21-,22?,24?,25-,26?,27+,28-,29-,30+,31-,32+,35+,36-,37+;20-,21-,22?,24?,25-,26?,28+,29-,30+,31-,32?,35+,36-,37+/m111/s1. The van der Waals surface area contributed by atoms with Crippen molar-refractivity contribution in [3.8, 4) is 0 Å². The van der Waals surface area contributed by atoms with Crippen LogP contribution in [0, 0.1) is 154 Å². The number of ketones is 1. The molecule has 49 atom stereocenters. The Labute approximate surface area is 872 Å². The van der Waals surface area contributed by atoms with E-state index in [1.165, 1.54) is 16.7 Å². The molecular formula is C117H200O29. The molecule has 4 saturated heterocycles. The average molecular weight is 2070 g/mol. The molecule has 0 aromatic heterocycles. The number of aliphatic hydroxyl groups is 20. The van der Waals surface area contributed by atoms with Crippen LogP contribution in [0.15, 0.2) is 34.9 Å². The molecule has 4 heterocycles. The lowest BCUT2D eigenvalue weighted by Gasteiger charge is -2.67. The second kappa shape index (κ2) is 42.9. The van der Waals surface area contributed by atoms with Gasteiger partial charge in [-0.3, -0.25) is 4.79 Å². The molecule has 13 fully saturated rings. The van der Waals surface area contributed by atoms with Crippen LogP contribution in [-0.2, 0) is 42.7 Å². The fourth-order valence-corrected chi connectivity index (χ4v) is 35.4. The number of aliphatic hydroxyl groups excluding tert-OH is 17. The van der Waals surface area contributed by atoms with Gasteiger partial charge < -0.3 is 140 Å². The van der Waals surface area contributed by atoms with E-state index in [2.05, 4.69) is 150 Å². The first-order valence-corrected chi connectivity index (χ1v) is 56.8. The van der Waals surface area contributed by atoms with Crippen molar-refractivity contribution in [3.63, 3.8) is 0 Å². The molecule has 0 aromatic rings. The largest absolute Gasteiger partial charge is 0.394 e. The summed E-state index contributed by atoms with van der Waals surface area (Å²) in [5.41, 5.74) is -1.76. The zero-order valence-electron chi connectivity index (χ0n) is 93.7. The summed E-state index contributed by atoms with van der Waals surface area (Å²) in [5.74, 6) is 3.31. The number of hydrogen-bond acceptors (Lipinski definition) is 29. The molecule has 11 unspecified atom stereocenters. The summed E-state index contributed by atoms with van der Waals surface area (Å²) in [6, 6.07) is 0. The number of hydrogen-bond donors (Lipinski definition) is 20. The molecule has 16 rings (SSSR count). The number of carbonyl (C=O) groups excluding carboxylic acids is 1. The minimum Gasteiger partial charge on any atom is -0.394 e. The van der Waals surface area contributed by atoms with Gasteiger partial charge in [0.2, 0.25) is 0 Å². The van der Waals surface area contributed by atoms with Gasteiger partial charge in [0.25, 0.3) is 0 Å². The van der Waals surface area contributed by atoms with Crippen molar-refractivity contribution in [1.29, 1.82) is 0 Å². The van der Waals surface area contributed by atoms with E-state index in [1.807, 2.05) is 13.8 Å². The summed E-state index contributed by atoms with van der Waals surface area (Å²) in [7, 11) is 0. The van der Waals surface area contributed by atoms with Gasteiger partial charge in [-0.05, 0) is 292 Å². The number of fused-ring (bicyclic) bond motifs is 15. The Kier molecular flexibility index (Phi) is 35.0. The highest BCUT2D eigenvalue weighted by Crippen LogP contribution is 2.79. The third kappa shape index (κ3) is 20.0. The fourth-order valence-electron chi connectivity index (χ4n) is 35.4. The third-order valence-electron chi connectivity index (χ3n) is 46.6. The molecule has 29 heteroatoms. The molecule has 842 valence electrons. The highest BCUT2D eigenvalue weighted by molar-refractivity contribution is 5.88. The quantitative estimate of drug-likeness (QED) is 0.0340. The van der Waals surface area contributed by atoms with Crippen LogP contribution in [0.1, 0.15) is 341 Å². The highest BCUT2D eigenvalue weighted by atomic mass is 16.7. The van der Waals surface area contributed by atoms with Crippen molar-refractivity contribution in [2.75, 3.05) is 26.4 Å². The van der Waals surface area contributed by atoms with Gasteiger partial charge in [0.05, 0.1) is 110 Å². The van der Waals surface area contributed by atoms with Crippen LogP contribution in [0.25, 0.3) is 0 Å². The number of rotatable bonds is 27. The monoisotopic (exact) mass is 2070 g/mol. The van der Waals surface area contributed by atoms with Crippen LogP contribution < -0.4 is 0 Å². The van der Waals surface area contributed by atoms with Gasteiger partial charge in [0, 0.05) is 50.7 Å². The van der Waals surface area contributed by atoms with Gasteiger partial charge in [0.1, 0.15) is 66.8 Å². The van der Waals surface area contributed by atoms with E-state index in [9.17, 15) is 107 Å². The summed E-state index contributed by atoms with van der Waals surface area (Å²) in [5, 5.41) is 213. The molecule has 146 heavy (non-hydrogen) atoms. The predicted molar refractivity (Wildman–Crippen MR) is 550 cm³/mol. The Morgan fingerprint density at radius 1 is 0.349 bits per heavy atom. The van der Waals surface area contributed by atoms with Gasteiger partial charge in [-0.1, -0.05) is 187 Å². The molecule has 4 aliphatic heterocycles. The lowest BCUT2D eigenvalue weighted by molar-refractivity contribution is -0.320. The highest BCUT2D eigenvalue weighted by Gasteiger charge is 2.75. The smallest absolute Gasteiger partial charge is 0.187 e. The van der Waals surface area contributed by atoms with Crippen LogP contribution in [-0.4, -0.2) is 304 Å². The van der Waals surface area contributed by atoms with E-state index in [0.29, 0.717) is 79.8 Å². The van der Waals surface area contributed by atoms with Crippen LogP contribution in [0.3, 0.4) is 0 Å². The molecule has 0 amide bonds. The average Bonchev–Trinajstić information content (AvgIpc) is 1.50. The zero-order chi connectivity index (χ0) is 108. The fraction of sp³-hybridized carbons (Fsp3) is 0.940. The minimum absolute atomic E-state index is 0.0475. The molecular weight excluding hydrogens is 1870 g/mol. The normalized spacial score (nSPS) is 49.2. The van der Waals surface area contributed by atoms with E-state index >= 15 is 0 Å². The van der Waals surface area contributed by atoms with E-state index in [1.54, 1.807) is 41.5 Å². The van der Waals surface area contributed by atoms with E-state index in [0.717, 1.165) is 116 Å². The summed E-state index contributed by atoms with van der Waals surface area (Å²) in [6.07, 6.45) is 2.62. The van der Waals surface area contributed by atoms with E-state index < -0.39 is 193 Å². The topological polar surface area (TPSA) is 496 Å². The number of Topliss-reactive ketones (excluding diaryl/α,β-unsaturated/α-hetero) is 1. The van der Waals surface area contributed by atoms with Crippen molar-refractivity contribution in [2.45, 2.75) is 511 Å². The molecule has 29 nitrogen and oxygen atoms in total. The molecule has 16 aliphatic rings. The van der Waals surface area contributed by atoms with Crippen molar-refractivity contribution >= 4 is 5.78 Å². The maximum Gasteiger partial charge on any atom is 0.187 e. The molecule has 20 N–H and O–H groups in total. The molecule has 9 saturated carbocycles. The minimum atomic E-state index is -1.51.